The Bertz CT molecular complexity index is 475. The van der Waals surface area contributed by atoms with Gasteiger partial charge < -0.3 is 10.6 Å². The molecule has 1 aromatic rings. The lowest BCUT2D eigenvalue weighted by Gasteiger charge is -2.20. The van der Waals surface area contributed by atoms with Crippen molar-refractivity contribution in [3.8, 4) is 0 Å². The molecule has 0 aromatic heterocycles. The van der Waals surface area contributed by atoms with Crippen molar-refractivity contribution < 1.29 is 18.0 Å². The first-order chi connectivity index (χ1) is 10.4. The molecule has 1 aromatic carbocycles. The Labute approximate surface area is 129 Å². The maximum absolute atomic E-state index is 12.8. The number of hydrogen-bond acceptors (Lipinski definition) is 2. The Balaban J connectivity index is 2.80. The zero-order valence-corrected chi connectivity index (χ0v) is 13.0. The third-order valence-corrected chi connectivity index (χ3v) is 3.36. The summed E-state index contributed by atoms with van der Waals surface area (Å²) in [7, 11) is 1.81. The van der Waals surface area contributed by atoms with Crippen LogP contribution >= 0.6 is 0 Å². The molecule has 0 aliphatic rings. The van der Waals surface area contributed by atoms with Crippen LogP contribution in [0, 0.1) is 0 Å². The van der Waals surface area contributed by atoms with Gasteiger partial charge in [-0.2, -0.15) is 13.2 Å². The molecule has 3 nitrogen and oxygen atoms in total. The summed E-state index contributed by atoms with van der Waals surface area (Å²) in [4.78, 5) is 11.9. The van der Waals surface area contributed by atoms with E-state index in [0.29, 0.717) is 24.8 Å². The highest BCUT2D eigenvalue weighted by Gasteiger charge is 2.31. The van der Waals surface area contributed by atoms with Gasteiger partial charge in [0.2, 0.25) is 5.91 Å². The van der Waals surface area contributed by atoms with Crippen molar-refractivity contribution in [2.24, 2.45) is 0 Å². The third kappa shape index (κ3) is 6.05. The van der Waals surface area contributed by atoms with Gasteiger partial charge >= 0.3 is 6.18 Å². The van der Waals surface area contributed by atoms with E-state index in [1.165, 1.54) is 6.07 Å². The number of alkyl halides is 3. The van der Waals surface area contributed by atoms with E-state index in [1.54, 1.807) is 13.1 Å². The molecule has 2 N–H and O–H groups in total. The molecule has 0 spiro atoms. The van der Waals surface area contributed by atoms with Crippen LogP contribution in [0.15, 0.2) is 24.3 Å². The lowest BCUT2D eigenvalue weighted by Crippen LogP contribution is -2.29. The normalized spacial score (nSPS) is 13.0. The van der Waals surface area contributed by atoms with Crippen LogP contribution in [-0.2, 0) is 11.0 Å². The number of hydrogen-bond donors (Lipinski definition) is 2. The topological polar surface area (TPSA) is 41.1 Å². The molecule has 1 atom stereocenters. The molecule has 0 saturated heterocycles. The van der Waals surface area contributed by atoms with Gasteiger partial charge in [0.1, 0.15) is 0 Å². The van der Waals surface area contributed by atoms with E-state index in [4.69, 9.17) is 0 Å². The van der Waals surface area contributed by atoms with Crippen LogP contribution in [0.2, 0.25) is 0 Å². The second-order valence-corrected chi connectivity index (χ2v) is 5.24. The molecule has 1 rings (SSSR count). The third-order valence-electron chi connectivity index (χ3n) is 3.36. The Hall–Kier alpha value is -1.56. The summed E-state index contributed by atoms with van der Waals surface area (Å²) < 4.78 is 38.4. The first kappa shape index (κ1) is 18.5. The Morgan fingerprint density at radius 1 is 1.32 bits per heavy atom. The predicted octanol–water partition coefficient (Wildman–Crippen LogP) is 3.66. The van der Waals surface area contributed by atoms with Gasteiger partial charge in [-0.25, -0.2) is 0 Å². The number of benzene rings is 1. The summed E-state index contributed by atoms with van der Waals surface area (Å²) in [5.74, 6) is -0.133. The largest absolute Gasteiger partial charge is 0.416 e. The lowest BCUT2D eigenvalue weighted by atomic mass is 9.99. The molecule has 0 fully saturated rings. The highest BCUT2D eigenvalue weighted by atomic mass is 19.4. The first-order valence-corrected chi connectivity index (χ1v) is 7.49. The fourth-order valence-electron chi connectivity index (χ4n) is 2.23. The molecular weight excluding hydrogens is 293 g/mol. The predicted molar refractivity (Wildman–Crippen MR) is 80.4 cm³/mol. The summed E-state index contributed by atoms with van der Waals surface area (Å²) in [5, 5.41) is 5.79. The van der Waals surface area contributed by atoms with Crippen molar-refractivity contribution in [3.05, 3.63) is 35.4 Å². The molecule has 0 heterocycles. The van der Waals surface area contributed by atoms with Gasteiger partial charge in [-0.15, -0.1) is 0 Å². The SMILES string of the molecule is CCCC(NC(=O)CCCNC)c1cccc(C(F)(F)F)c1. The van der Waals surface area contributed by atoms with Crippen molar-refractivity contribution in [3.63, 3.8) is 0 Å². The number of amides is 1. The quantitative estimate of drug-likeness (QED) is 0.719. The van der Waals surface area contributed by atoms with E-state index in [1.807, 2.05) is 6.92 Å². The molecule has 124 valence electrons. The van der Waals surface area contributed by atoms with Crippen molar-refractivity contribution in [1.29, 1.82) is 0 Å². The van der Waals surface area contributed by atoms with Crippen molar-refractivity contribution in [1.82, 2.24) is 10.6 Å². The molecule has 1 amide bonds. The molecular formula is C16H23F3N2O. The summed E-state index contributed by atoms with van der Waals surface area (Å²) in [5.41, 5.74) is -0.186. The maximum Gasteiger partial charge on any atom is 0.416 e. The highest BCUT2D eigenvalue weighted by Crippen LogP contribution is 2.31. The highest BCUT2D eigenvalue weighted by molar-refractivity contribution is 5.76. The second-order valence-electron chi connectivity index (χ2n) is 5.24. The summed E-state index contributed by atoms with van der Waals surface area (Å²) >= 11 is 0. The standard InChI is InChI=1S/C16H23F3N2O/c1-3-6-14(21-15(22)9-5-10-20-2)12-7-4-8-13(11-12)16(17,18)19/h4,7-8,11,14,20H,3,5-6,9-10H2,1-2H3,(H,21,22). The Morgan fingerprint density at radius 3 is 2.64 bits per heavy atom. The lowest BCUT2D eigenvalue weighted by molar-refractivity contribution is -0.137. The zero-order valence-electron chi connectivity index (χ0n) is 13.0. The molecule has 0 aliphatic carbocycles. The second kappa shape index (κ2) is 8.78. The number of nitrogens with one attached hydrogen (secondary N) is 2. The van der Waals surface area contributed by atoms with Gasteiger partial charge in [-0.3, -0.25) is 4.79 Å². The molecule has 0 aliphatic heterocycles. The molecule has 22 heavy (non-hydrogen) atoms. The van der Waals surface area contributed by atoms with Crippen molar-refractivity contribution in [2.75, 3.05) is 13.6 Å². The van der Waals surface area contributed by atoms with E-state index in [0.717, 1.165) is 25.1 Å². The van der Waals surface area contributed by atoms with Gasteiger partial charge in [0, 0.05) is 6.42 Å². The van der Waals surface area contributed by atoms with Crippen LogP contribution in [0.4, 0.5) is 13.2 Å². The van der Waals surface area contributed by atoms with Gasteiger partial charge in [0.25, 0.3) is 0 Å². The monoisotopic (exact) mass is 316 g/mol. The first-order valence-electron chi connectivity index (χ1n) is 7.49. The minimum absolute atomic E-state index is 0.133. The average Bonchev–Trinajstić information content (AvgIpc) is 2.46. The van der Waals surface area contributed by atoms with E-state index < -0.39 is 11.7 Å². The summed E-state index contributed by atoms with van der Waals surface area (Å²) in [6.45, 7) is 2.67. The fourth-order valence-corrected chi connectivity index (χ4v) is 2.23. The Morgan fingerprint density at radius 2 is 2.05 bits per heavy atom. The minimum Gasteiger partial charge on any atom is -0.349 e. The van der Waals surface area contributed by atoms with E-state index in [-0.39, 0.29) is 11.9 Å². The van der Waals surface area contributed by atoms with E-state index >= 15 is 0 Å². The molecule has 0 bridgehead atoms. The molecule has 0 saturated carbocycles. The number of carbonyl (C=O) groups excluding carboxylic acids is 1. The van der Waals surface area contributed by atoms with Crippen LogP contribution < -0.4 is 10.6 Å². The zero-order chi connectivity index (χ0) is 16.6. The van der Waals surface area contributed by atoms with Crippen LogP contribution in [-0.4, -0.2) is 19.5 Å². The average molecular weight is 316 g/mol. The molecule has 0 radical (unpaired) electrons. The fraction of sp³-hybridized carbons (Fsp3) is 0.562. The van der Waals surface area contributed by atoms with Crippen LogP contribution in [0.1, 0.15) is 49.8 Å². The number of halogens is 3. The van der Waals surface area contributed by atoms with Gasteiger partial charge in [-0.05, 0) is 44.1 Å². The molecule has 6 heteroatoms. The van der Waals surface area contributed by atoms with Gasteiger partial charge in [0.15, 0.2) is 0 Å². The molecule has 1 unspecified atom stereocenters. The van der Waals surface area contributed by atoms with Crippen LogP contribution in [0.25, 0.3) is 0 Å². The minimum atomic E-state index is -4.37. The Kier molecular flexibility index (Phi) is 7.38. The summed E-state index contributed by atoms with van der Waals surface area (Å²) in [6, 6.07) is 4.79. The number of rotatable bonds is 8. The van der Waals surface area contributed by atoms with Crippen LogP contribution in [0.5, 0.6) is 0 Å². The van der Waals surface area contributed by atoms with Gasteiger partial charge in [-0.1, -0.05) is 25.5 Å². The maximum atomic E-state index is 12.8. The van der Waals surface area contributed by atoms with Crippen molar-refractivity contribution in [2.45, 2.75) is 44.8 Å². The van der Waals surface area contributed by atoms with Crippen LogP contribution in [0.3, 0.4) is 0 Å². The van der Waals surface area contributed by atoms with E-state index in [9.17, 15) is 18.0 Å². The smallest absolute Gasteiger partial charge is 0.349 e. The summed E-state index contributed by atoms with van der Waals surface area (Å²) in [6.07, 6.45) is -1.93. The van der Waals surface area contributed by atoms with Crippen molar-refractivity contribution >= 4 is 5.91 Å². The number of carbonyl (C=O) groups is 1. The van der Waals surface area contributed by atoms with E-state index in [2.05, 4.69) is 10.6 Å². The van der Waals surface area contributed by atoms with Gasteiger partial charge in [0.05, 0.1) is 11.6 Å².